The van der Waals surface area contributed by atoms with Crippen LogP contribution in [0.25, 0.3) is 10.2 Å². The van der Waals surface area contributed by atoms with Crippen LogP contribution in [0.5, 0.6) is 5.19 Å². The molecule has 0 spiro atoms. The van der Waals surface area contributed by atoms with Gasteiger partial charge < -0.3 is 14.1 Å². The van der Waals surface area contributed by atoms with E-state index in [1.54, 1.807) is 17.6 Å². The summed E-state index contributed by atoms with van der Waals surface area (Å²) in [6.07, 6.45) is 4.08. The minimum Gasteiger partial charge on any atom is -0.468 e. The molecule has 1 aromatic carbocycles. The van der Waals surface area contributed by atoms with E-state index in [0.29, 0.717) is 19.5 Å². The zero-order chi connectivity index (χ0) is 20.7. The molecule has 2 unspecified atom stereocenters. The largest absolute Gasteiger partial charge is 0.468 e. The van der Waals surface area contributed by atoms with E-state index in [4.69, 9.17) is 14.1 Å². The number of nitrogens with one attached hydrogen (secondary N) is 2. The molecule has 0 saturated carbocycles. The van der Waals surface area contributed by atoms with Crippen LogP contribution in [0, 0.1) is 13.8 Å². The van der Waals surface area contributed by atoms with Gasteiger partial charge in [0.25, 0.3) is 5.19 Å². The fourth-order valence-corrected chi connectivity index (χ4v) is 5.27. The summed E-state index contributed by atoms with van der Waals surface area (Å²) in [4.78, 5) is 19.6. The van der Waals surface area contributed by atoms with E-state index in [1.165, 1.54) is 15.8 Å². The van der Waals surface area contributed by atoms with Gasteiger partial charge in [0.15, 0.2) is 0 Å². The Balaban J connectivity index is 1.16. The molecule has 2 atom stereocenters. The zero-order valence-corrected chi connectivity index (χ0v) is 18.0. The smallest absolute Gasteiger partial charge is 0.274 e. The monoisotopic (exact) mass is 426 g/mol. The van der Waals surface area contributed by atoms with Crippen molar-refractivity contribution in [3.63, 3.8) is 0 Å². The first kappa shape index (κ1) is 19.5. The van der Waals surface area contributed by atoms with Crippen molar-refractivity contribution in [2.45, 2.75) is 51.3 Å². The number of aryl methyl sites for hydroxylation is 2. The van der Waals surface area contributed by atoms with Crippen molar-refractivity contribution in [1.82, 2.24) is 20.7 Å². The highest BCUT2D eigenvalue weighted by atomic mass is 32.1. The van der Waals surface area contributed by atoms with Crippen molar-refractivity contribution in [3.05, 3.63) is 47.4 Å². The first-order chi connectivity index (χ1) is 14.6. The van der Waals surface area contributed by atoms with Gasteiger partial charge >= 0.3 is 0 Å². The number of nitrogens with zero attached hydrogens (tertiary/aromatic N) is 2. The molecule has 0 bridgehead atoms. The van der Waals surface area contributed by atoms with E-state index in [0.717, 1.165) is 29.3 Å². The van der Waals surface area contributed by atoms with Gasteiger partial charge in [-0.1, -0.05) is 23.5 Å². The molecule has 30 heavy (non-hydrogen) atoms. The summed E-state index contributed by atoms with van der Waals surface area (Å²) in [7, 11) is 0. The molecule has 0 radical (unpaired) electrons. The third-order valence-electron chi connectivity index (χ3n) is 6.03. The molecule has 158 valence electrons. The van der Waals surface area contributed by atoms with E-state index in [2.05, 4.69) is 36.8 Å². The SMILES string of the molecule is Cc1ccc(C)c2sc(OC3CCN(C(=O)C4CC(c5ccco5)NN4)CC3)nc12. The lowest BCUT2D eigenvalue weighted by molar-refractivity contribution is -0.135. The van der Waals surface area contributed by atoms with Crippen LogP contribution in [0.3, 0.4) is 0 Å². The van der Waals surface area contributed by atoms with E-state index in [9.17, 15) is 4.79 Å². The second kappa shape index (κ2) is 8.02. The number of piperidine rings is 1. The normalized spacial score (nSPS) is 22.7. The van der Waals surface area contributed by atoms with Crippen molar-refractivity contribution in [3.8, 4) is 5.19 Å². The van der Waals surface area contributed by atoms with Crippen molar-refractivity contribution in [2.24, 2.45) is 0 Å². The maximum atomic E-state index is 12.9. The quantitative estimate of drug-likeness (QED) is 0.665. The summed E-state index contributed by atoms with van der Waals surface area (Å²) in [6.45, 7) is 5.60. The predicted molar refractivity (Wildman–Crippen MR) is 115 cm³/mol. The van der Waals surface area contributed by atoms with Crippen molar-refractivity contribution < 1.29 is 13.9 Å². The molecule has 3 aromatic rings. The van der Waals surface area contributed by atoms with Crippen molar-refractivity contribution >= 4 is 27.5 Å². The fraction of sp³-hybridized carbons (Fsp3) is 0.455. The third-order valence-corrected chi connectivity index (χ3v) is 7.11. The number of fused-ring (bicyclic) bond motifs is 1. The number of amides is 1. The minimum atomic E-state index is -0.229. The standard InChI is InChI=1S/C22H26N4O3S/c1-13-5-6-14(2)20-19(13)23-22(30-20)29-15-7-9-26(10-8-15)21(27)17-12-16(24-25-17)18-4-3-11-28-18/h3-6,11,15-17,24-25H,7-10,12H2,1-2H3. The molecule has 8 heteroatoms. The number of aromatic nitrogens is 1. The third kappa shape index (κ3) is 3.71. The van der Waals surface area contributed by atoms with Crippen molar-refractivity contribution in [2.75, 3.05) is 13.1 Å². The van der Waals surface area contributed by atoms with Gasteiger partial charge in [-0.3, -0.25) is 4.79 Å². The molecule has 2 saturated heterocycles. The van der Waals surface area contributed by atoms with Crippen LogP contribution in [-0.2, 0) is 4.79 Å². The fourth-order valence-electron chi connectivity index (χ4n) is 4.24. The van der Waals surface area contributed by atoms with Gasteiger partial charge in [0, 0.05) is 25.9 Å². The number of hydrazine groups is 1. The molecule has 0 aliphatic carbocycles. The number of likely N-dealkylation sites (tertiary alicyclic amines) is 1. The summed E-state index contributed by atoms with van der Waals surface area (Å²) < 4.78 is 12.8. The van der Waals surface area contributed by atoms with Gasteiger partial charge in [-0.2, -0.15) is 0 Å². The second-order valence-electron chi connectivity index (χ2n) is 8.14. The van der Waals surface area contributed by atoms with Crippen LogP contribution in [0.2, 0.25) is 0 Å². The van der Waals surface area contributed by atoms with Gasteiger partial charge in [0.1, 0.15) is 17.9 Å². The van der Waals surface area contributed by atoms with Crippen LogP contribution < -0.4 is 15.6 Å². The van der Waals surface area contributed by atoms with Crippen LogP contribution in [0.1, 0.15) is 42.2 Å². The molecule has 1 amide bonds. The Labute approximate surface area is 179 Å². The Bertz CT molecular complexity index is 1000. The lowest BCUT2D eigenvalue weighted by Crippen LogP contribution is -2.49. The summed E-state index contributed by atoms with van der Waals surface area (Å²) in [5.41, 5.74) is 9.74. The lowest BCUT2D eigenvalue weighted by Gasteiger charge is -2.33. The summed E-state index contributed by atoms with van der Waals surface area (Å²) >= 11 is 1.62. The maximum Gasteiger partial charge on any atom is 0.274 e. The van der Waals surface area contributed by atoms with Gasteiger partial charge in [-0.15, -0.1) is 0 Å². The Hall–Kier alpha value is -2.42. The number of carbonyl (C=O) groups is 1. The van der Waals surface area contributed by atoms with Crippen molar-refractivity contribution in [1.29, 1.82) is 0 Å². The topological polar surface area (TPSA) is 79.6 Å². The number of rotatable bonds is 4. The summed E-state index contributed by atoms with van der Waals surface area (Å²) in [5.74, 6) is 0.993. The maximum absolute atomic E-state index is 12.9. The van der Waals surface area contributed by atoms with Crippen LogP contribution >= 0.6 is 11.3 Å². The first-order valence-electron chi connectivity index (χ1n) is 10.4. The van der Waals surface area contributed by atoms with E-state index in [-0.39, 0.29) is 24.1 Å². The minimum absolute atomic E-state index is 0.0285. The predicted octanol–water partition coefficient (Wildman–Crippen LogP) is 3.48. The Morgan fingerprint density at radius 3 is 2.73 bits per heavy atom. The van der Waals surface area contributed by atoms with Crippen LogP contribution in [0.4, 0.5) is 0 Å². The average molecular weight is 427 g/mol. The second-order valence-corrected chi connectivity index (χ2v) is 9.11. The molecule has 5 rings (SSSR count). The molecule has 2 aromatic heterocycles. The molecule has 2 N–H and O–H groups in total. The highest BCUT2D eigenvalue weighted by Crippen LogP contribution is 2.34. The zero-order valence-electron chi connectivity index (χ0n) is 17.2. The number of furan rings is 1. The van der Waals surface area contributed by atoms with Gasteiger partial charge in [0.05, 0.1) is 22.5 Å². The number of hydrogen-bond donors (Lipinski definition) is 2. The molecule has 7 nitrogen and oxygen atoms in total. The van der Waals surface area contributed by atoms with E-state index >= 15 is 0 Å². The number of carbonyl (C=O) groups excluding carboxylic acids is 1. The van der Waals surface area contributed by atoms with E-state index in [1.807, 2.05) is 17.0 Å². The molecule has 2 fully saturated rings. The van der Waals surface area contributed by atoms with Crippen LogP contribution in [0.15, 0.2) is 34.9 Å². The summed E-state index contributed by atoms with van der Waals surface area (Å²) in [6, 6.07) is 7.83. The highest BCUT2D eigenvalue weighted by Gasteiger charge is 2.35. The van der Waals surface area contributed by atoms with Crippen LogP contribution in [-0.4, -0.2) is 41.0 Å². The molecule has 2 aliphatic rings. The van der Waals surface area contributed by atoms with Gasteiger partial charge in [-0.25, -0.2) is 15.8 Å². The Morgan fingerprint density at radius 1 is 1.20 bits per heavy atom. The first-order valence-corrected chi connectivity index (χ1v) is 11.3. The van der Waals surface area contributed by atoms with Gasteiger partial charge in [-0.05, 0) is 43.5 Å². The highest BCUT2D eigenvalue weighted by molar-refractivity contribution is 7.20. The Kier molecular flexibility index (Phi) is 5.22. The number of hydrogen-bond acceptors (Lipinski definition) is 7. The lowest BCUT2D eigenvalue weighted by atomic mass is 10.0. The Morgan fingerprint density at radius 2 is 2.00 bits per heavy atom. The van der Waals surface area contributed by atoms with E-state index < -0.39 is 0 Å². The molecular formula is C22H26N4O3S. The summed E-state index contributed by atoms with van der Waals surface area (Å²) in [5, 5.41) is 0.732. The molecule has 2 aliphatic heterocycles. The molecular weight excluding hydrogens is 400 g/mol. The molecule has 4 heterocycles. The van der Waals surface area contributed by atoms with Gasteiger partial charge in [0.2, 0.25) is 5.91 Å². The number of thiazole rings is 1. The number of ether oxygens (including phenoxy) is 1. The number of benzene rings is 1. The average Bonchev–Trinajstić information content (AvgIpc) is 3.51.